The van der Waals surface area contributed by atoms with Gasteiger partial charge in [0.15, 0.2) is 0 Å². The van der Waals surface area contributed by atoms with Crippen molar-refractivity contribution in [3.05, 3.63) is 74.9 Å². The summed E-state index contributed by atoms with van der Waals surface area (Å²) in [5.41, 5.74) is 5.59. The van der Waals surface area contributed by atoms with Gasteiger partial charge in [0, 0.05) is 11.4 Å². The van der Waals surface area contributed by atoms with Gasteiger partial charge in [-0.05, 0) is 46.8 Å². The van der Waals surface area contributed by atoms with E-state index in [0.29, 0.717) is 0 Å². The molecule has 0 unspecified atom stereocenters. The maximum Gasteiger partial charge on any atom is 2.00 e. The molecule has 3 aromatic rings. The van der Waals surface area contributed by atoms with Gasteiger partial charge in [-0.1, -0.05) is 97.2 Å². The zero-order valence-corrected chi connectivity index (χ0v) is 27.9. The Hall–Kier alpha value is -1.38. The van der Waals surface area contributed by atoms with Gasteiger partial charge in [-0.25, -0.2) is 9.36 Å². The predicted molar refractivity (Wildman–Crippen MR) is 142 cm³/mol. The molecule has 6 nitrogen and oxygen atoms in total. The summed E-state index contributed by atoms with van der Waals surface area (Å²) in [4.78, 5) is 0. The molecular weight excluding hydrogens is 508 g/mol. The maximum absolute atomic E-state index is 13.3. The summed E-state index contributed by atoms with van der Waals surface area (Å²) in [5.74, 6) is 0. The second kappa shape index (κ2) is 12.0. The minimum atomic E-state index is -1.11. The fourth-order valence-corrected chi connectivity index (χ4v) is 12.2. The van der Waals surface area contributed by atoms with Crippen LogP contribution in [0.1, 0.15) is 46.2 Å². The molecule has 1 atom stereocenters. The van der Waals surface area contributed by atoms with Gasteiger partial charge in [0.2, 0.25) is 0 Å². The average molecular weight is 549 g/mol. The van der Waals surface area contributed by atoms with Crippen LogP contribution in [0.3, 0.4) is 0 Å². The number of rotatable bonds is 6. The molecule has 2 aromatic heterocycles. The first-order valence-corrected chi connectivity index (χ1v) is 18.5. The molecule has 0 bridgehead atoms. The molecule has 2 heterocycles. The standard InChI is InChI=1S/C19H23N4O.C6H18NSi2.Zn/c1-12-6-8-17(9-7-12)18(24)19(22-15(4)10-13(2)20-22)23-16(5)11-14(3)21-23;1-8(2,3)7-9(4,5)6;/h6-11,18-19H,1-5H3;1-6H3;/q2*-1;+2/t18-;;/m0../s1. The molecule has 182 valence electrons. The van der Waals surface area contributed by atoms with Crippen LogP contribution in [0.25, 0.3) is 4.65 Å². The molecule has 0 aliphatic heterocycles. The molecule has 0 amide bonds. The molecule has 0 saturated carbocycles. The summed E-state index contributed by atoms with van der Waals surface area (Å²) in [6.07, 6.45) is -1.53. The van der Waals surface area contributed by atoms with E-state index in [1.54, 1.807) is 9.36 Å². The van der Waals surface area contributed by atoms with Crippen molar-refractivity contribution in [2.24, 2.45) is 0 Å². The van der Waals surface area contributed by atoms with Crippen molar-refractivity contribution in [2.45, 2.75) is 86.2 Å². The van der Waals surface area contributed by atoms with Gasteiger partial charge in [-0.3, -0.25) is 0 Å². The van der Waals surface area contributed by atoms with Gasteiger partial charge in [0.25, 0.3) is 0 Å². The summed E-state index contributed by atoms with van der Waals surface area (Å²) in [7, 11) is -2.21. The molecule has 0 saturated heterocycles. The molecule has 0 N–H and O–H groups in total. The fourth-order valence-electron chi connectivity index (χ4n) is 4.12. The van der Waals surface area contributed by atoms with E-state index in [0.717, 1.165) is 33.9 Å². The largest absolute Gasteiger partial charge is 2.00 e. The summed E-state index contributed by atoms with van der Waals surface area (Å²) in [5, 5.41) is 22.5. The van der Waals surface area contributed by atoms with E-state index in [4.69, 9.17) is 4.65 Å². The van der Waals surface area contributed by atoms with Crippen LogP contribution in [0.5, 0.6) is 0 Å². The van der Waals surface area contributed by atoms with E-state index < -0.39 is 28.7 Å². The van der Waals surface area contributed by atoms with E-state index in [2.05, 4.69) is 49.5 Å². The van der Waals surface area contributed by atoms with Crippen LogP contribution in [0.15, 0.2) is 36.4 Å². The molecule has 0 spiro atoms. The van der Waals surface area contributed by atoms with Crippen LogP contribution >= 0.6 is 0 Å². The van der Waals surface area contributed by atoms with Crippen LogP contribution in [-0.4, -0.2) is 36.0 Å². The summed E-state index contributed by atoms with van der Waals surface area (Å²) >= 11 is 0. The molecule has 0 fully saturated rings. The van der Waals surface area contributed by atoms with Crippen molar-refractivity contribution in [2.75, 3.05) is 0 Å². The Morgan fingerprint density at radius 1 is 0.735 bits per heavy atom. The number of benzene rings is 1. The Morgan fingerprint density at radius 3 is 1.38 bits per heavy atom. The van der Waals surface area contributed by atoms with Crippen LogP contribution in [0.2, 0.25) is 39.3 Å². The van der Waals surface area contributed by atoms with Crippen molar-refractivity contribution in [1.82, 2.24) is 19.6 Å². The number of aryl methyl sites for hydroxylation is 5. The van der Waals surface area contributed by atoms with Crippen LogP contribution < -0.4 is 5.11 Å². The molecule has 0 radical (unpaired) electrons. The maximum atomic E-state index is 13.3. The topological polar surface area (TPSA) is 72.8 Å². The molecular formula is C25H41N5OSi2Zn. The molecule has 1 aromatic carbocycles. The quantitative estimate of drug-likeness (QED) is 0.365. The van der Waals surface area contributed by atoms with E-state index >= 15 is 0 Å². The fraction of sp³-hybridized carbons (Fsp3) is 0.520. The molecule has 9 heteroatoms. The second-order valence-corrected chi connectivity index (χ2v) is 20.5. The number of hydrogen-bond donors (Lipinski definition) is 0. The third kappa shape index (κ3) is 9.00. The Bertz CT molecular complexity index is 991. The number of hydrogen-bond acceptors (Lipinski definition) is 3. The van der Waals surface area contributed by atoms with Gasteiger partial charge in [0.05, 0.1) is 11.4 Å². The normalized spacial score (nSPS) is 12.7. The smallest absolute Gasteiger partial charge is 0.846 e. The van der Waals surface area contributed by atoms with Gasteiger partial charge >= 0.3 is 19.5 Å². The predicted octanol–water partition coefficient (Wildman–Crippen LogP) is 5.80. The van der Waals surface area contributed by atoms with Crippen LogP contribution in [0.4, 0.5) is 0 Å². The Morgan fingerprint density at radius 2 is 1.12 bits per heavy atom. The van der Waals surface area contributed by atoms with Crippen LogP contribution in [0, 0.1) is 34.6 Å². The molecule has 0 aliphatic rings. The van der Waals surface area contributed by atoms with Crippen molar-refractivity contribution in [3.8, 4) is 0 Å². The third-order valence-corrected chi connectivity index (χ3v) is 10.3. The van der Waals surface area contributed by atoms with Crippen molar-refractivity contribution in [1.29, 1.82) is 0 Å². The minimum Gasteiger partial charge on any atom is -0.846 e. The monoisotopic (exact) mass is 547 g/mol. The van der Waals surface area contributed by atoms with Gasteiger partial charge in [0.1, 0.15) is 6.17 Å². The van der Waals surface area contributed by atoms with Gasteiger partial charge < -0.3 is 9.75 Å². The first-order valence-electron chi connectivity index (χ1n) is 11.6. The summed E-state index contributed by atoms with van der Waals surface area (Å²) in [6, 6.07) is 11.7. The Kier molecular flexibility index (Phi) is 10.9. The Labute approximate surface area is 221 Å². The zero-order valence-electron chi connectivity index (χ0n) is 23.0. The molecule has 3 rings (SSSR count). The average Bonchev–Trinajstić information content (AvgIpc) is 3.14. The summed E-state index contributed by atoms with van der Waals surface area (Å²) in [6.45, 7) is 23.6. The second-order valence-electron chi connectivity index (χ2n) is 10.9. The van der Waals surface area contributed by atoms with Crippen molar-refractivity contribution in [3.63, 3.8) is 0 Å². The number of aromatic nitrogens is 4. The summed E-state index contributed by atoms with van der Waals surface area (Å²) < 4.78 is 8.42. The third-order valence-electron chi connectivity index (χ3n) is 4.94. The molecule has 0 aliphatic carbocycles. The van der Waals surface area contributed by atoms with Crippen molar-refractivity contribution < 1.29 is 24.6 Å². The molecule has 34 heavy (non-hydrogen) atoms. The SMILES string of the molecule is C[Si](C)(C)[N-][Si](C)(C)C.Cc1ccc([C@H]([O-])C(n2nc(C)cc2C)n2nc(C)cc2C)cc1.[Zn+2]. The zero-order chi connectivity index (χ0) is 25.1. The number of nitrogens with zero attached hydrogens (tertiary/aromatic N) is 5. The first kappa shape index (κ1) is 30.6. The van der Waals surface area contributed by atoms with Crippen molar-refractivity contribution >= 4 is 16.5 Å². The van der Waals surface area contributed by atoms with E-state index in [-0.39, 0.29) is 19.5 Å². The van der Waals surface area contributed by atoms with Gasteiger partial charge in [-0.2, -0.15) is 10.2 Å². The van der Waals surface area contributed by atoms with E-state index in [9.17, 15) is 5.11 Å². The van der Waals surface area contributed by atoms with Gasteiger partial charge in [-0.15, -0.1) is 0 Å². The van der Waals surface area contributed by atoms with E-state index in [1.807, 2.05) is 71.0 Å². The van der Waals surface area contributed by atoms with E-state index in [1.165, 1.54) is 0 Å². The Balaban J connectivity index is 0.000000496. The minimum absolute atomic E-state index is 0. The first-order chi connectivity index (χ1) is 15.1. The van der Waals surface area contributed by atoms with Crippen LogP contribution in [-0.2, 0) is 19.5 Å².